The van der Waals surface area contributed by atoms with Crippen molar-refractivity contribution >= 4 is 22.6 Å². The monoisotopic (exact) mass is 406 g/mol. The normalized spacial score (nSPS) is 14.9. The molecule has 3 aromatic rings. The zero-order valence-corrected chi connectivity index (χ0v) is 17.9. The summed E-state index contributed by atoms with van der Waals surface area (Å²) < 4.78 is 7.81. The zero-order valence-electron chi connectivity index (χ0n) is 17.9. The Morgan fingerprint density at radius 2 is 2.00 bits per heavy atom. The van der Waals surface area contributed by atoms with Gasteiger partial charge in [0.15, 0.2) is 0 Å². The molecule has 1 N–H and O–H groups in total. The standard InChI is InChI=1S/C24H30N4O2/c1-3-4-10-28-22-9-8-20(25-24(29)19-7-5-6-18(2)15-19)16-21(22)26-23(28)17-27-11-13-30-14-12-27/h5-9,15-16H,3-4,10-14,17H2,1-2H3,(H,25,29). The molecule has 1 amide bonds. The number of anilines is 1. The molecular weight excluding hydrogens is 376 g/mol. The number of ether oxygens (including phenoxy) is 1. The van der Waals surface area contributed by atoms with Gasteiger partial charge in [-0.25, -0.2) is 4.98 Å². The molecule has 6 heteroatoms. The minimum Gasteiger partial charge on any atom is -0.379 e. The summed E-state index contributed by atoms with van der Waals surface area (Å²) in [7, 11) is 0. The lowest BCUT2D eigenvalue weighted by atomic mass is 10.1. The van der Waals surface area contributed by atoms with E-state index in [0.717, 1.165) is 80.3 Å². The molecular formula is C24H30N4O2. The maximum absolute atomic E-state index is 12.6. The molecule has 1 fully saturated rings. The van der Waals surface area contributed by atoms with Crippen LogP contribution in [0.3, 0.4) is 0 Å². The molecule has 1 saturated heterocycles. The van der Waals surface area contributed by atoms with Crippen LogP contribution in [0.4, 0.5) is 5.69 Å². The highest BCUT2D eigenvalue weighted by Crippen LogP contribution is 2.23. The van der Waals surface area contributed by atoms with Crippen molar-refractivity contribution in [3.05, 3.63) is 59.4 Å². The van der Waals surface area contributed by atoms with Crippen LogP contribution in [-0.2, 0) is 17.8 Å². The number of nitrogens with zero attached hydrogens (tertiary/aromatic N) is 3. The molecule has 4 rings (SSSR count). The van der Waals surface area contributed by atoms with E-state index in [9.17, 15) is 4.79 Å². The van der Waals surface area contributed by atoms with Crippen LogP contribution in [-0.4, -0.2) is 46.7 Å². The maximum Gasteiger partial charge on any atom is 0.255 e. The SMILES string of the molecule is CCCCn1c(CN2CCOCC2)nc2cc(NC(=O)c3cccc(C)c3)ccc21. The van der Waals surface area contributed by atoms with Gasteiger partial charge < -0.3 is 14.6 Å². The predicted octanol–water partition coefficient (Wildman–Crippen LogP) is 4.23. The Balaban J connectivity index is 1.58. The highest BCUT2D eigenvalue weighted by Gasteiger charge is 2.17. The van der Waals surface area contributed by atoms with E-state index in [0.29, 0.717) is 5.56 Å². The molecule has 1 aromatic heterocycles. The molecule has 158 valence electrons. The molecule has 2 heterocycles. The minimum atomic E-state index is -0.1000. The fourth-order valence-electron chi connectivity index (χ4n) is 3.89. The lowest BCUT2D eigenvalue weighted by molar-refractivity contribution is 0.0326. The fourth-order valence-corrected chi connectivity index (χ4v) is 3.89. The number of hydrogen-bond acceptors (Lipinski definition) is 4. The zero-order chi connectivity index (χ0) is 20.9. The number of unbranched alkanes of at least 4 members (excludes halogenated alkanes) is 1. The smallest absolute Gasteiger partial charge is 0.255 e. The molecule has 6 nitrogen and oxygen atoms in total. The van der Waals surface area contributed by atoms with Crippen LogP contribution >= 0.6 is 0 Å². The molecule has 0 spiro atoms. The molecule has 0 unspecified atom stereocenters. The van der Waals surface area contributed by atoms with Gasteiger partial charge in [0, 0.05) is 30.9 Å². The van der Waals surface area contributed by atoms with Crippen LogP contribution in [0.2, 0.25) is 0 Å². The number of morpholine rings is 1. The van der Waals surface area contributed by atoms with E-state index in [-0.39, 0.29) is 5.91 Å². The summed E-state index contributed by atoms with van der Waals surface area (Å²) in [5.41, 5.74) is 4.56. The molecule has 0 saturated carbocycles. The first-order valence-electron chi connectivity index (χ1n) is 10.8. The van der Waals surface area contributed by atoms with E-state index in [1.807, 2.05) is 43.3 Å². The third kappa shape index (κ3) is 4.71. The van der Waals surface area contributed by atoms with Gasteiger partial charge in [-0.3, -0.25) is 9.69 Å². The fraction of sp³-hybridized carbons (Fsp3) is 0.417. The number of carbonyl (C=O) groups is 1. The van der Waals surface area contributed by atoms with Crippen molar-refractivity contribution in [2.45, 2.75) is 39.8 Å². The lowest BCUT2D eigenvalue weighted by Gasteiger charge is -2.26. The Bertz CT molecular complexity index is 1020. The van der Waals surface area contributed by atoms with Crippen molar-refractivity contribution in [2.75, 3.05) is 31.6 Å². The number of fused-ring (bicyclic) bond motifs is 1. The molecule has 30 heavy (non-hydrogen) atoms. The average molecular weight is 407 g/mol. The summed E-state index contributed by atoms with van der Waals surface area (Å²) in [5, 5.41) is 3.02. The van der Waals surface area contributed by atoms with Crippen LogP contribution in [0.15, 0.2) is 42.5 Å². The summed E-state index contributed by atoms with van der Waals surface area (Å²) in [6.07, 6.45) is 2.26. The number of carbonyl (C=O) groups excluding carboxylic acids is 1. The van der Waals surface area contributed by atoms with Gasteiger partial charge >= 0.3 is 0 Å². The van der Waals surface area contributed by atoms with Crippen molar-refractivity contribution in [2.24, 2.45) is 0 Å². The van der Waals surface area contributed by atoms with Crippen LogP contribution in [0.1, 0.15) is 41.5 Å². The highest BCUT2D eigenvalue weighted by atomic mass is 16.5. The Morgan fingerprint density at radius 3 is 2.77 bits per heavy atom. The minimum absolute atomic E-state index is 0.1000. The van der Waals surface area contributed by atoms with Crippen LogP contribution in [0, 0.1) is 6.92 Å². The number of nitrogens with one attached hydrogen (secondary N) is 1. The third-order valence-electron chi connectivity index (χ3n) is 5.57. The highest BCUT2D eigenvalue weighted by molar-refractivity contribution is 6.05. The first-order chi connectivity index (χ1) is 14.6. The second kappa shape index (κ2) is 9.41. The summed E-state index contributed by atoms with van der Waals surface area (Å²) in [6, 6.07) is 13.6. The molecule has 1 aliphatic rings. The lowest BCUT2D eigenvalue weighted by Crippen LogP contribution is -2.36. The van der Waals surface area contributed by atoms with Gasteiger partial charge in [-0.2, -0.15) is 0 Å². The second-order valence-corrected chi connectivity index (χ2v) is 7.95. The largest absolute Gasteiger partial charge is 0.379 e. The number of benzene rings is 2. The van der Waals surface area contributed by atoms with Gasteiger partial charge in [-0.15, -0.1) is 0 Å². The van der Waals surface area contributed by atoms with E-state index in [2.05, 4.69) is 27.8 Å². The summed E-state index contributed by atoms with van der Waals surface area (Å²) in [5.74, 6) is 0.986. The number of aryl methyl sites for hydroxylation is 2. The van der Waals surface area contributed by atoms with Crippen LogP contribution < -0.4 is 5.32 Å². The van der Waals surface area contributed by atoms with Crippen molar-refractivity contribution in [1.29, 1.82) is 0 Å². The maximum atomic E-state index is 12.6. The second-order valence-electron chi connectivity index (χ2n) is 7.95. The van der Waals surface area contributed by atoms with Gasteiger partial charge in [0.1, 0.15) is 5.82 Å². The Kier molecular flexibility index (Phi) is 6.45. The van der Waals surface area contributed by atoms with E-state index >= 15 is 0 Å². The van der Waals surface area contributed by atoms with E-state index < -0.39 is 0 Å². The van der Waals surface area contributed by atoms with Crippen LogP contribution in [0.5, 0.6) is 0 Å². The Labute approximate surface area is 177 Å². The third-order valence-corrected chi connectivity index (χ3v) is 5.57. The quantitative estimate of drug-likeness (QED) is 0.638. The number of hydrogen-bond donors (Lipinski definition) is 1. The van der Waals surface area contributed by atoms with Crippen molar-refractivity contribution in [1.82, 2.24) is 14.5 Å². The Hall–Kier alpha value is -2.70. The first kappa shape index (κ1) is 20.6. The molecule has 0 aliphatic carbocycles. The molecule has 0 radical (unpaired) electrons. The van der Waals surface area contributed by atoms with Gasteiger partial charge in [0.05, 0.1) is 30.8 Å². The topological polar surface area (TPSA) is 59.4 Å². The summed E-state index contributed by atoms with van der Waals surface area (Å²) in [6.45, 7) is 9.42. The molecule has 2 aromatic carbocycles. The van der Waals surface area contributed by atoms with E-state index in [4.69, 9.17) is 9.72 Å². The van der Waals surface area contributed by atoms with Gasteiger partial charge in [0.2, 0.25) is 0 Å². The number of imidazole rings is 1. The molecule has 1 aliphatic heterocycles. The van der Waals surface area contributed by atoms with E-state index in [1.54, 1.807) is 0 Å². The van der Waals surface area contributed by atoms with E-state index in [1.165, 1.54) is 0 Å². The van der Waals surface area contributed by atoms with Crippen molar-refractivity contribution in [3.8, 4) is 0 Å². The predicted molar refractivity (Wildman–Crippen MR) is 120 cm³/mol. The summed E-state index contributed by atoms with van der Waals surface area (Å²) >= 11 is 0. The number of aromatic nitrogens is 2. The van der Waals surface area contributed by atoms with Crippen molar-refractivity contribution in [3.63, 3.8) is 0 Å². The van der Waals surface area contributed by atoms with Gasteiger partial charge in [0.25, 0.3) is 5.91 Å². The number of rotatable bonds is 7. The number of amides is 1. The van der Waals surface area contributed by atoms with Crippen molar-refractivity contribution < 1.29 is 9.53 Å². The Morgan fingerprint density at radius 1 is 1.17 bits per heavy atom. The first-order valence-corrected chi connectivity index (χ1v) is 10.8. The molecule has 0 atom stereocenters. The van der Waals surface area contributed by atoms with Crippen LogP contribution in [0.25, 0.3) is 11.0 Å². The summed E-state index contributed by atoms with van der Waals surface area (Å²) in [4.78, 5) is 20.0. The van der Waals surface area contributed by atoms with Gasteiger partial charge in [-0.05, 0) is 43.7 Å². The van der Waals surface area contributed by atoms with Gasteiger partial charge in [-0.1, -0.05) is 31.0 Å². The average Bonchev–Trinajstić information content (AvgIpc) is 3.09. The molecule has 0 bridgehead atoms.